The molecule has 0 fully saturated rings. The number of nitrogens with zero attached hydrogens (tertiary/aromatic N) is 4. The topological polar surface area (TPSA) is 51.0 Å². The summed E-state index contributed by atoms with van der Waals surface area (Å²) < 4.78 is 2.20. The average molecular weight is 318 g/mol. The lowest BCUT2D eigenvalue weighted by atomic mass is 10.1. The Labute approximate surface area is 140 Å². The molecule has 1 atom stereocenters. The minimum atomic E-state index is -0.0189. The second kappa shape index (κ2) is 5.92. The maximum atomic E-state index is 12.8. The van der Waals surface area contributed by atoms with Crippen LogP contribution in [0.2, 0.25) is 0 Å². The standard InChI is InChI=1S/C19H18N4O/c1-14-17-8-5-9-22(17)10-11-23(14)19(24)16-12-20-18(21-13-16)15-6-3-2-4-7-15/h2-9,12-14H,10-11H2,1H3. The lowest BCUT2D eigenvalue weighted by molar-refractivity contribution is 0.0643. The van der Waals surface area contributed by atoms with Crippen molar-refractivity contribution in [3.05, 3.63) is 72.3 Å². The van der Waals surface area contributed by atoms with Crippen molar-refractivity contribution in [3.63, 3.8) is 0 Å². The normalized spacial score (nSPS) is 16.7. The smallest absolute Gasteiger partial charge is 0.257 e. The van der Waals surface area contributed by atoms with Crippen LogP contribution in [-0.2, 0) is 6.54 Å². The van der Waals surface area contributed by atoms with E-state index in [1.807, 2.05) is 41.3 Å². The third-order valence-corrected chi connectivity index (χ3v) is 4.53. The van der Waals surface area contributed by atoms with E-state index >= 15 is 0 Å². The highest BCUT2D eigenvalue weighted by Gasteiger charge is 2.28. The molecule has 0 radical (unpaired) electrons. The van der Waals surface area contributed by atoms with Gasteiger partial charge >= 0.3 is 0 Å². The second-order valence-corrected chi connectivity index (χ2v) is 5.96. The zero-order valence-electron chi connectivity index (χ0n) is 13.5. The summed E-state index contributed by atoms with van der Waals surface area (Å²) in [6.07, 6.45) is 5.31. The van der Waals surface area contributed by atoms with Gasteiger partial charge in [0.2, 0.25) is 0 Å². The van der Waals surface area contributed by atoms with Crippen LogP contribution in [0, 0.1) is 0 Å². The summed E-state index contributed by atoms with van der Waals surface area (Å²) in [4.78, 5) is 23.4. The predicted molar refractivity (Wildman–Crippen MR) is 91.4 cm³/mol. The first-order valence-electron chi connectivity index (χ1n) is 8.07. The Morgan fingerprint density at radius 1 is 1.04 bits per heavy atom. The SMILES string of the molecule is CC1c2cccn2CCN1C(=O)c1cnc(-c2ccccc2)nc1. The lowest BCUT2D eigenvalue weighted by Gasteiger charge is -2.34. The van der Waals surface area contributed by atoms with Gasteiger partial charge in [0.25, 0.3) is 5.91 Å². The number of rotatable bonds is 2. The summed E-state index contributed by atoms with van der Waals surface area (Å²) in [6.45, 7) is 3.57. The molecule has 1 aliphatic rings. The molecule has 1 unspecified atom stereocenters. The van der Waals surface area contributed by atoms with Crippen molar-refractivity contribution in [1.29, 1.82) is 0 Å². The molecule has 0 N–H and O–H groups in total. The van der Waals surface area contributed by atoms with E-state index in [0.717, 1.165) is 17.8 Å². The van der Waals surface area contributed by atoms with Crippen molar-refractivity contribution in [2.45, 2.75) is 19.5 Å². The van der Waals surface area contributed by atoms with E-state index in [4.69, 9.17) is 0 Å². The minimum Gasteiger partial charge on any atom is -0.348 e. The van der Waals surface area contributed by atoms with Crippen LogP contribution < -0.4 is 0 Å². The maximum absolute atomic E-state index is 12.8. The van der Waals surface area contributed by atoms with Gasteiger partial charge in [-0.15, -0.1) is 0 Å². The van der Waals surface area contributed by atoms with Crippen molar-refractivity contribution in [2.24, 2.45) is 0 Å². The van der Waals surface area contributed by atoms with E-state index in [2.05, 4.69) is 33.7 Å². The molecule has 3 heterocycles. The van der Waals surface area contributed by atoms with Crippen LogP contribution >= 0.6 is 0 Å². The van der Waals surface area contributed by atoms with Gasteiger partial charge in [0.05, 0.1) is 11.6 Å². The van der Waals surface area contributed by atoms with Crippen LogP contribution in [0.15, 0.2) is 61.1 Å². The van der Waals surface area contributed by atoms with Gasteiger partial charge in [-0.25, -0.2) is 9.97 Å². The summed E-state index contributed by atoms with van der Waals surface area (Å²) in [7, 11) is 0. The van der Waals surface area contributed by atoms with Gasteiger partial charge in [-0.2, -0.15) is 0 Å². The Kier molecular flexibility index (Phi) is 3.61. The Hall–Kier alpha value is -2.95. The molecule has 5 nitrogen and oxygen atoms in total. The number of carbonyl (C=O) groups excluding carboxylic acids is 1. The number of benzene rings is 1. The maximum Gasteiger partial charge on any atom is 0.257 e. The molecule has 0 spiro atoms. The van der Waals surface area contributed by atoms with Crippen LogP contribution in [0.5, 0.6) is 0 Å². The molecule has 1 amide bonds. The molecule has 24 heavy (non-hydrogen) atoms. The zero-order chi connectivity index (χ0) is 16.5. The highest BCUT2D eigenvalue weighted by Crippen LogP contribution is 2.26. The van der Waals surface area contributed by atoms with Crippen molar-refractivity contribution in [1.82, 2.24) is 19.4 Å². The number of hydrogen-bond donors (Lipinski definition) is 0. The van der Waals surface area contributed by atoms with E-state index in [9.17, 15) is 4.79 Å². The fourth-order valence-corrected chi connectivity index (χ4v) is 3.20. The third kappa shape index (κ3) is 2.48. The third-order valence-electron chi connectivity index (χ3n) is 4.53. The molecule has 4 rings (SSSR count). The van der Waals surface area contributed by atoms with E-state index in [0.29, 0.717) is 17.9 Å². The first kappa shape index (κ1) is 14.6. The molecule has 120 valence electrons. The minimum absolute atomic E-state index is 0.0189. The van der Waals surface area contributed by atoms with Crippen LogP contribution in [0.25, 0.3) is 11.4 Å². The highest BCUT2D eigenvalue weighted by atomic mass is 16.2. The highest BCUT2D eigenvalue weighted by molar-refractivity contribution is 5.94. The molecule has 1 aromatic carbocycles. The summed E-state index contributed by atoms with van der Waals surface area (Å²) in [6, 6.07) is 13.9. The van der Waals surface area contributed by atoms with Crippen LogP contribution in [-0.4, -0.2) is 31.9 Å². The predicted octanol–water partition coefficient (Wildman–Crippen LogP) is 3.16. The second-order valence-electron chi connectivity index (χ2n) is 5.96. The molecule has 3 aromatic rings. The molecular formula is C19H18N4O. The molecule has 0 aliphatic carbocycles. The lowest BCUT2D eigenvalue weighted by Crippen LogP contribution is -2.40. The molecule has 0 saturated carbocycles. The average Bonchev–Trinajstić information content (AvgIpc) is 3.12. The number of carbonyl (C=O) groups is 1. The Balaban J connectivity index is 1.57. The molecule has 0 bridgehead atoms. The number of amides is 1. The Bertz CT molecular complexity index is 855. The number of fused-ring (bicyclic) bond motifs is 1. The van der Waals surface area contributed by atoms with Crippen molar-refractivity contribution >= 4 is 5.91 Å². The fraction of sp³-hybridized carbons (Fsp3) is 0.211. The van der Waals surface area contributed by atoms with Gasteiger partial charge in [-0.1, -0.05) is 30.3 Å². The summed E-state index contributed by atoms with van der Waals surface area (Å²) in [5.74, 6) is 0.613. The first-order valence-corrected chi connectivity index (χ1v) is 8.07. The molecule has 1 aliphatic heterocycles. The van der Waals surface area contributed by atoms with Crippen LogP contribution in [0.4, 0.5) is 0 Å². The Morgan fingerprint density at radius 3 is 2.54 bits per heavy atom. The van der Waals surface area contributed by atoms with Gasteiger partial charge in [-0.05, 0) is 19.1 Å². The summed E-state index contributed by atoms with van der Waals surface area (Å²) >= 11 is 0. The number of aromatic nitrogens is 3. The van der Waals surface area contributed by atoms with E-state index < -0.39 is 0 Å². The largest absolute Gasteiger partial charge is 0.348 e. The van der Waals surface area contributed by atoms with Crippen molar-refractivity contribution < 1.29 is 4.79 Å². The fourth-order valence-electron chi connectivity index (χ4n) is 3.20. The van der Waals surface area contributed by atoms with E-state index in [1.54, 1.807) is 12.4 Å². The molecule has 0 saturated heterocycles. The van der Waals surface area contributed by atoms with Gasteiger partial charge in [0.1, 0.15) is 0 Å². The van der Waals surface area contributed by atoms with Gasteiger partial charge in [0.15, 0.2) is 5.82 Å². The van der Waals surface area contributed by atoms with Crippen molar-refractivity contribution in [2.75, 3.05) is 6.54 Å². The first-order chi connectivity index (χ1) is 11.7. The molecular weight excluding hydrogens is 300 g/mol. The van der Waals surface area contributed by atoms with Gasteiger partial charge in [0, 0.05) is 42.9 Å². The van der Waals surface area contributed by atoms with E-state index in [1.165, 1.54) is 0 Å². The molecule has 5 heteroatoms. The van der Waals surface area contributed by atoms with Gasteiger partial charge in [-0.3, -0.25) is 4.79 Å². The summed E-state index contributed by atoms with van der Waals surface area (Å²) in [5, 5.41) is 0. The quantitative estimate of drug-likeness (QED) is 0.729. The van der Waals surface area contributed by atoms with Crippen LogP contribution in [0.3, 0.4) is 0 Å². The zero-order valence-corrected chi connectivity index (χ0v) is 13.5. The Morgan fingerprint density at radius 2 is 1.79 bits per heavy atom. The monoisotopic (exact) mass is 318 g/mol. The van der Waals surface area contributed by atoms with E-state index in [-0.39, 0.29) is 11.9 Å². The number of hydrogen-bond acceptors (Lipinski definition) is 3. The van der Waals surface area contributed by atoms with Crippen molar-refractivity contribution in [3.8, 4) is 11.4 Å². The molecule has 2 aromatic heterocycles. The summed E-state index contributed by atoms with van der Waals surface area (Å²) in [5.41, 5.74) is 2.64. The van der Waals surface area contributed by atoms with Crippen LogP contribution in [0.1, 0.15) is 29.0 Å². The van der Waals surface area contributed by atoms with Gasteiger partial charge < -0.3 is 9.47 Å².